The lowest BCUT2D eigenvalue weighted by Gasteiger charge is -2.17. The van der Waals surface area contributed by atoms with Crippen LogP contribution >= 0.6 is 0 Å². The quantitative estimate of drug-likeness (QED) is 0.581. The van der Waals surface area contributed by atoms with E-state index in [1.54, 1.807) is 0 Å². The first-order valence-corrected chi connectivity index (χ1v) is 6.53. The first-order valence-electron chi connectivity index (χ1n) is 6.53. The molecule has 0 amide bonds. The standard InChI is InChI=1S/C13H30N2O/c1-12(2)11-14-7-6-8-15(5)9-10-16-13(3)4/h12-14H,6-11H2,1-5H3. The smallest absolute Gasteiger partial charge is 0.0596 e. The lowest BCUT2D eigenvalue weighted by atomic mass is 10.2. The molecule has 98 valence electrons. The highest BCUT2D eigenvalue weighted by molar-refractivity contribution is 4.55. The summed E-state index contributed by atoms with van der Waals surface area (Å²) < 4.78 is 5.51. The fraction of sp³-hybridized carbons (Fsp3) is 1.00. The van der Waals surface area contributed by atoms with Crippen LogP contribution in [0, 0.1) is 5.92 Å². The van der Waals surface area contributed by atoms with Gasteiger partial charge in [0.1, 0.15) is 0 Å². The van der Waals surface area contributed by atoms with Crippen molar-refractivity contribution >= 4 is 0 Å². The highest BCUT2D eigenvalue weighted by Crippen LogP contribution is 1.92. The Labute approximate surface area is 102 Å². The number of hydrogen-bond donors (Lipinski definition) is 1. The van der Waals surface area contributed by atoms with E-state index in [9.17, 15) is 0 Å². The molecule has 0 spiro atoms. The van der Waals surface area contributed by atoms with Crippen molar-refractivity contribution in [1.29, 1.82) is 0 Å². The minimum Gasteiger partial charge on any atom is -0.377 e. The monoisotopic (exact) mass is 230 g/mol. The Bertz CT molecular complexity index is 149. The van der Waals surface area contributed by atoms with E-state index >= 15 is 0 Å². The van der Waals surface area contributed by atoms with Gasteiger partial charge in [-0.2, -0.15) is 0 Å². The van der Waals surface area contributed by atoms with Gasteiger partial charge in [-0.15, -0.1) is 0 Å². The molecule has 0 saturated carbocycles. The van der Waals surface area contributed by atoms with Crippen LogP contribution in [0.2, 0.25) is 0 Å². The first-order chi connectivity index (χ1) is 7.52. The summed E-state index contributed by atoms with van der Waals surface area (Å²) in [7, 11) is 2.16. The van der Waals surface area contributed by atoms with Crippen LogP contribution < -0.4 is 5.32 Å². The van der Waals surface area contributed by atoms with Crippen LogP contribution in [0.3, 0.4) is 0 Å². The average molecular weight is 230 g/mol. The molecule has 3 nitrogen and oxygen atoms in total. The molecular weight excluding hydrogens is 200 g/mol. The number of hydrogen-bond acceptors (Lipinski definition) is 3. The molecule has 0 saturated heterocycles. The molecule has 0 rings (SSSR count). The molecule has 16 heavy (non-hydrogen) atoms. The molecule has 0 bridgehead atoms. The zero-order valence-electron chi connectivity index (χ0n) is 11.8. The van der Waals surface area contributed by atoms with Crippen LogP contribution in [-0.4, -0.2) is 50.8 Å². The zero-order valence-corrected chi connectivity index (χ0v) is 11.8. The Balaban J connectivity index is 3.20. The predicted octanol–water partition coefficient (Wildman–Crippen LogP) is 1.98. The Morgan fingerprint density at radius 1 is 1.12 bits per heavy atom. The largest absolute Gasteiger partial charge is 0.377 e. The SMILES string of the molecule is CC(C)CNCCCN(C)CCOC(C)C. The Hall–Kier alpha value is -0.120. The third kappa shape index (κ3) is 12.0. The van der Waals surface area contributed by atoms with Crippen molar-refractivity contribution in [2.75, 3.05) is 39.8 Å². The van der Waals surface area contributed by atoms with E-state index < -0.39 is 0 Å². The van der Waals surface area contributed by atoms with Gasteiger partial charge in [-0.25, -0.2) is 0 Å². The lowest BCUT2D eigenvalue weighted by Crippen LogP contribution is -2.28. The van der Waals surface area contributed by atoms with Crippen LogP contribution in [0.25, 0.3) is 0 Å². The fourth-order valence-corrected chi connectivity index (χ4v) is 1.42. The van der Waals surface area contributed by atoms with Crippen molar-refractivity contribution in [1.82, 2.24) is 10.2 Å². The van der Waals surface area contributed by atoms with Gasteiger partial charge in [0.2, 0.25) is 0 Å². The predicted molar refractivity (Wildman–Crippen MR) is 70.9 cm³/mol. The van der Waals surface area contributed by atoms with Gasteiger partial charge >= 0.3 is 0 Å². The van der Waals surface area contributed by atoms with Gasteiger partial charge in [0, 0.05) is 6.54 Å². The second-order valence-electron chi connectivity index (χ2n) is 5.17. The summed E-state index contributed by atoms with van der Waals surface area (Å²) in [6.45, 7) is 13.9. The summed E-state index contributed by atoms with van der Waals surface area (Å²) in [5.41, 5.74) is 0. The maximum Gasteiger partial charge on any atom is 0.0596 e. The van der Waals surface area contributed by atoms with Crippen molar-refractivity contribution in [2.45, 2.75) is 40.2 Å². The van der Waals surface area contributed by atoms with E-state index in [-0.39, 0.29) is 0 Å². The third-order valence-electron chi connectivity index (χ3n) is 2.37. The van der Waals surface area contributed by atoms with Crippen molar-refractivity contribution < 1.29 is 4.74 Å². The van der Waals surface area contributed by atoms with Crippen molar-refractivity contribution in [3.63, 3.8) is 0 Å². The average Bonchev–Trinajstić information content (AvgIpc) is 2.16. The molecule has 0 atom stereocenters. The van der Waals surface area contributed by atoms with Crippen molar-refractivity contribution in [2.24, 2.45) is 5.92 Å². The Morgan fingerprint density at radius 2 is 1.81 bits per heavy atom. The van der Waals surface area contributed by atoms with Gasteiger partial charge in [0.15, 0.2) is 0 Å². The molecule has 0 fully saturated rings. The van der Waals surface area contributed by atoms with E-state index in [1.165, 1.54) is 6.42 Å². The van der Waals surface area contributed by atoms with Crippen LogP contribution in [0.5, 0.6) is 0 Å². The van der Waals surface area contributed by atoms with Gasteiger partial charge in [-0.05, 0) is 52.9 Å². The van der Waals surface area contributed by atoms with E-state index in [1.807, 2.05) is 0 Å². The number of nitrogens with zero attached hydrogens (tertiary/aromatic N) is 1. The summed E-state index contributed by atoms with van der Waals surface area (Å²) in [6, 6.07) is 0. The molecule has 0 aliphatic carbocycles. The van der Waals surface area contributed by atoms with Crippen molar-refractivity contribution in [3.8, 4) is 0 Å². The summed E-state index contributed by atoms with van der Waals surface area (Å²) >= 11 is 0. The Kier molecular flexibility index (Phi) is 9.99. The normalized spacial score (nSPS) is 12.0. The molecule has 3 heteroatoms. The second-order valence-corrected chi connectivity index (χ2v) is 5.17. The van der Waals surface area contributed by atoms with Gasteiger partial charge in [0.25, 0.3) is 0 Å². The third-order valence-corrected chi connectivity index (χ3v) is 2.37. The van der Waals surface area contributed by atoms with E-state index in [0.29, 0.717) is 6.10 Å². The molecule has 0 radical (unpaired) electrons. The maximum atomic E-state index is 5.51. The van der Waals surface area contributed by atoms with Crippen LogP contribution in [0.4, 0.5) is 0 Å². The molecular formula is C13H30N2O. The summed E-state index contributed by atoms with van der Waals surface area (Å²) in [5, 5.41) is 3.46. The van der Waals surface area contributed by atoms with Gasteiger partial charge in [-0.3, -0.25) is 0 Å². The number of nitrogens with one attached hydrogen (secondary N) is 1. The maximum absolute atomic E-state index is 5.51. The van der Waals surface area contributed by atoms with Crippen LogP contribution in [-0.2, 0) is 4.74 Å². The molecule has 0 aliphatic rings. The molecule has 1 N–H and O–H groups in total. The summed E-state index contributed by atoms with van der Waals surface area (Å²) in [6.07, 6.45) is 1.56. The van der Waals surface area contributed by atoms with Crippen LogP contribution in [0.15, 0.2) is 0 Å². The fourth-order valence-electron chi connectivity index (χ4n) is 1.42. The highest BCUT2D eigenvalue weighted by Gasteiger charge is 1.99. The summed E-state index contributed by atoms with van der Waals surface area (Å²) in [5.74, 6) is 0.747. The summed E-state index contributed by atoms with van der Waals surface area (Å²) in [4.78, 5) is 2.33. The number of ether oxygens (including phenoxy) is 1. The van der Waals surface area contributed by atoms with E-state index in [4.69, 9.17) is 4.74 Å². The molecule has 0 aromatic heterocycles. The Morgan fingerprint density at radius 3 is 2.38 bits per heavy atom. The van der Waals surface area contributed by atoms with Crippen molar-refractivity contribution in [3.05, 3.63) is 0 Å². The molecule has 0 aromatic rings. The molecule has 0 unspecified atom stereocenters. The molecule has 0 aliphatic heterocycles. The highest BCUT2D eigenvalue weighted by atomic mass is 16.5. The minimum absolute atomic E-state index is 0.348. The first kappa shape index (κ1) is 15.9. The topological polar surface area (TPSA) is 24.5 Å². The van der Waals surface area contributed by atoms with Gasteiger partial charge in [0.05, 0.1) is 12.7 Å². The second kappa shape index (κ2) is 10.1. The number of likely N-dealkylation sites (N-methyl/N-ethyl adjacent to an activating group) is 1. The van der Waals surface area contributed by atoms with E-state index in [0.717, 1.165) is 38.7 Å². The van der Waals surface area contributed by atoms with E-state index in [2.05, 4.69) is 45.0 Å². The zero-order chi connectivity index (χ0) is 12.4. The molecule has 0 heterocycles. The van der Waals surface area contributed by atoms with Gasteiger partial charge in [-0.1, -0.05) is 13.8 Å². The minimum atomic E-state index is 0.348. The lowest BCUT2D eigenvalue weighted by molar-refractivity contribution is 0.0637. The number of rotatable bonds is 10. The van der Waals surface area contributed by atoms with Crippen LogP contribution in [0.1, 0.15) is 34.1 Å². The van der Waals surface area contributed by atoms with Gasteiger partial charge < -0.3 is 15.0 Å². The molecule has 0 aromatic carbocycles.